The highest BCUT2D eigenvalue weighted by molar-refractivity contribution is 5.95. The zero-order valence-electron chi connectivity index (χ0n) is 11.4. The number of aryl methyl sites for hydroxylation is 1. The van der Waals surface area contributed by atoms with Crippen molar-refractivity contribution in [3.8, 4) is 11.1 Å². The number of nitrogens with one attached hydrogen (secondary N) is 1. The lowest BCUT2D eigenvalue weighted by Crippen LogP contribution is -1.85. The molecule has 3 aromatic heterocycles. The van der Waals surface area contributed by atoms with Crippen molar-refractivity contribution in [1.29, 1.82) is 0 Å². The second kappa shape index (κ2) is 4.34. The van der Waals surface area contributed by atoms with Gasteiger partial charge in [0.15, 0.2) is 0 Å². The molecule has 100 valence electrons. The van der Waals surface area contributed by atoms with Crippen LogP contribution in [0.5, 0.6) is 0 Å². The predicted octanol–water partition coefficient (Wildman–Crippen LogP) is 3.53. The normalized spacial score (nSPS) is 14.9. The molecule has 0 fully saturated rings. The van der Waals surface area contributed by atoms with E-state index in [-0.39, 0.29) is 0 Å². The van der Waals surface area contributed by atoms with Gasteiger partial charge in [0.2, 0.25) is 0 Å². The van der Waals surface area contributed by atoms with Gasteiger partial charge in [-0.3, -0.25) is 4.68 Å². The van der Waals surface area contributed by atoms with Crippen molar-refractivity contribution in [2.24, 2.45) is 7.05 Å². The summed E-state index contributed by atoms with van der Waals surface area (Å²) in [5.74, 6) is 0. The van der Waals surface area contributed by atoms with Gasteiger partial charge in [0.05, 0.1) is 6.20 Å². The van der Waals surface area contributed by atoms with E-state index in [0.717, 1.165) is 11.2 Å². The maximum Gasteiger partial charge on any atom is 0.137 e. The third-order valence-corrected chi connectivity index (χ3v) is 3.96. The second-order valence-corrected chi connectivity index (χ2v) is 5.35. The van der Waals surface area contributed by atoms with Gasteiger partial charge in [-0.15, -0.1) is 0 Å². The first-order valence-electron chi connectivity index (χ1n) is 6.97. The Labute approximate surface area is 117 Å². The van der Waals surface area contributed by atoms with Gasteiger partial charge in [0.1, 0.15) is 5.65 Å². The minimum atomic E-state index is 0.936. The van der Waals surface area contributed by atoms with Gasteiger partial charge in [0.25, 0.3) is 0 Å². The van der Waals surface area contributed by atoms with Crippen molar-refractivity contribution in [3.63, 3.8) is 0 Å². The highest BCUT2D eigenvalue weighted by Crippen LogP contribution is 2.32. The average Bonchev–Trinajstić information content (AvgIpc) is 3.17. The molecule has 4 nitrogen and oxygen atoms in total. The molecule has 4 rings (SSSR count). The van der Waals surface area contributed by atoms with Gasteiger partial charge in [0, 0.05) is 42.2 Å². The number of hydrogen-bond acceptors (Lipinski definition) is 2. The molecule has 1 aliphatic rings. The van der Waals surface area contributed by atoms with E-state index in [1.165, 1.54) is 41.3 Å². The van der Waals surface area contributed by atoms with Crippen LogP contribution in [0.15, 0.2) is 36.9 Å². The predicted molar refractivity (Wildman–Crippen MR) is 80.1 cm³/mol. The largest absolute Gasteiger partial charge is 0.346 e. The molecule has 0 spiro atoms. The van der Waals surface area contributed by atoms with Crippen molar-refractivity contribution in [2.45, 2.75) is 19.3 Å². The van der Waals surface area contributed by atoms with E-state index in [0.29, 0.717) is 0 Å². The maximum absolute atomic E-state index is 4.56. The molecule has 0 aliphatic heterocycles. The fourth-order valence-electron chi connectivity index (χ4n) is 2.91. The lowest BCUT2D eigenvalue weighted by molar-refractivity contribution is 0.768. The molecule has 0 saturated heterocycles. The van der Waals surface area contributed by atoms with Gasteiger partial charge >= 0.3 is 0 Å². The second-order valence-electron chi connectivity index (χ2n) is 5.35. The first kappa shape index (κ1) is 11.5. The van der Waals surface area contributed by atoms with Gasteiger partial charge in [-0.05, 0) is 36.5 Å². The summed E-state index contributed by atoms with van der Waals surface area (Å²) in [4.78, 5) is 7.80. The van der Waals surface area contributed by atoms with Crippen molar-refractivity contribution < 1.29 is 0 Å². The smallest absolute Gasteiger partial charge is 0.137 e. The molecule has 3 heterocycles. The SMILES string of the molecule is Cn1cc(-c2c[nH]c3ncc(C4=CCCC4)cc23)cn1. The minimum Gasteiger partial charge on any atom is -0.346 e. The van der Waals surface area contributed by atoms with Crippen LogP contribution in [-0.4, -0.2) is 19.7 Å². The average molecular weight is 264 g/mol. The third-order valence-electron chi connectivity index (χ3n) is 3.96. The number of fused-ring (bicyclic) bond motifs is 1. The number of nitrogens with zero attached hydrogens (tertiary/aromatic N) is 3. The number of allylic oxidation sites excluding steroid dienone is 2. The Morgan fingerprint density at radius 2 is 2.20 bits per heavy atom. The standard InChI is InChI=1S/C16H16N4/c1-20-10-13(8-19-20)15-9-18-16-14(15)6-12(7-17-16)11-4-2-3-5-11/h4,6-10H,2-3,5H2,1H3,(H,17,18). The number of rotatable bonds is 2. The molecule has 0 radical (unpaired) electrons. The van der Waals surface area contributed by atoms with Crippen LogP contribution in [-0.2, 0) is 7.05 Å². The summed E-state index contributed by atoms with van der Waals surface area (Å²) in [6.07, 6.45) is 13.9. The first-order valence-corrected chi connectivity index (χ1v) is 6.97. The van der Waals surface area contributed by atoms with Crippen LogP contribution in [0.4, 0.5) is 0 Å². The van der Waals surface area contributed by atoms with Crippen LogP contribution < -0.4 is 0 Å². The molecule has 20 heavy (non-hydrogen) atoms. The molecular formula is C16H16N4. The summed E-state index contributed by atoms with van der Waals surface area (Å²) in [6.45, 7) is 0. The van der Waals surface area contributed by atoms with Gasteiger partial charge in [-0.1, -0.05) is 6.08 Å². The number of aromatic amines is 1. The molecule has 3 aromatic rings. The zero-order chi connectivity index (χ0) is 13.5. The summed E-state index contributed by atoms with van der Waals surface area (Å²) < 4.78 is 1.82. The number of pyridine rings is 1. The van der Waals surface area contributed by atoms with E-state index in [9.17, 15) is 0 Å². The van der Waals surface area contributed by atoms with Crippen molar-refractivity contribution >= 4 is 16.6 Å². The molecular weight excluding hydrogens is 248 g/mol. The van der Waals surface area contributed by atoms with E-state index < -0.39 is 0 Å². The lowest BCUT2D eigenvalue weighted by Gasteiger charge is -2.02. The van der Waals surface area contributed by atoms with Crippen LogP contribution in [0.2, 0.25) is 0 Å². The Hall–Kier alpha value is -2.36. The quantitative estimate of drug-likeness (QED) is 0.769. The first-order chi connectivity index (χ1) is 9.81. The van der Waals surface area contributed by atoms with Crippen LogP contribution >= 0.6 is 0 Å². The van der Waals surface area contributed by atoms with Gasteiger partial charge in [-0.2, -0.15) is 5.10 Å². The van der Waals surface area contributed by atoms with Crippen LogP contribution in [0.25, 0.3) is 27.7 Å². The maximum atomic E-state index is 4.56. The Bertz CT molecular complexity index is 807. The zero-order valence-corrected chi connectivity index (χ0v) is 11.4. The Morgan fingerprint density at radius 1 is 1.25 bits per heavy atom. The van der Waals surface area contributed by atoms with Crippen LogP contribution in [0.1, 0.15) is 24.8 Å². The fraction of sp³-hybridized carbons (Fsp3) is 0.250. The molecule has 0 bridgehead atoms. The van der Waals surface area contributed by atoms with Crippen molar-refractivity contribution in [1.82, 2.24) is 19.7 Å². The van der Waals surface area contributed by atoms with Crippen molar-refractivity contribution in [3.05, 3.63) is 42.5 Å². The summed E-state index contributed by atoms with van der Waals surface area (Å²) in [5.41, 5.74) is 5.91. The van der Waals surface area contributed by atoms with E-state index in [1.807, 2.05) is 36.5 Å². The minimum absolute atomic E-state index is 0.936. The summed E-state index contributed by atoms with van der Waals surface area (Å²) in [6, 6.07) is 2.25. The Balaban J connectivity index is 1.88. The Kier molecular flexibility index (Phi) is 2.49. The van der Waals surface area contributed by atoms with Gasteiger partial charge in [-0.25, -0.2) is 4.98 Å². The summed E-state index contributed by atoms with van der Waals surface area (Å²) >= 11 is 0. The monoisotopic (exact) mass is 264 g/mol. The number of H-pyrrole nitrogens is 1. The highest BCUT2D eigenvalue weighted by Gasteiger charge is 2.12. The fourth-order valence-corrected chi connectivity index (χ4v) is 2.91. The molecule has 0 amide bonds. The summed E-state index contributed by atoms with van der Waals surface area (Å²) in [5, 5.41) is 5.42. The van der Waals surface area contributed by atoms with E-state index in [2.05, 4.69) is 27.2 Å². The Morgan fingerprint density at radius 3 is 2.95 bits per heavy atom. The lowest BCUT2D eigenvalue weighted by atomic mass is 10.0. The van der Waals surface area contributed by atoms with Crippen LogP contribution in [0.3, 0.4) is 0 Å². The van der Waals surface area contributed by atoms with Crippen molar-refractivity contribution in [2.75, 3.05) is 0 Å². The topological polar surface area (TPSA) is 46.5 Å². The van der Waals surface area contributed by atoms with Crippen LogP contribution in [0, 0.1) is 0 Å². The molecule has 1 aliphatic carbocycles. The molecule has 0 unspecified atom stereocenters. The molecule has 0 atom stereocenters. The van der Waals surface area contributed by atoms with E-state index in [4.69, 9.17) is 0 Å². The molecule has 4 heteroatoms. The van der Waals surface area contributed by atoms with Gasteiger partial charge < -0.3 is 4.98 Å². The molecule has 1 N–H and O–H groups in total. The van der Waals surface area contributed by atoms with E-state index in [1.54, 1.807) is 0 Å². The summed E-state index contributed by atoms with van der Waals surface area (Å²) in [7, 11) is 1.94. The third kappa shape index (κ3) is 1.76. The molecule has 0 aromatic carbocycles. The number of aromatic nitrogens is 4. The van der Waals surface area contributed by atoms with E-state index >= 15 is 0 Å². The highest BCUT2D eigenvalue weighted by atomic mass is 15.2. The number of hydrogen-bond donors (Lipinski definition) is 1. The molecule has 0 saturated carbocycles.